The number of nitrogens with zero attached hydrogens (tertiary/aromatic N) is 3. The third-order valence-electron chi connectivity index (χ3n) is 4.39. The van der Waals surface area contributed by atoms with Gasteiger partial charge in [0.25, 0.3) is 21.3 Å². The summed E-state index contributed by atoms with van der Waals surface area (Å²) in [6.45, 7) is -0.471. The molecule has 0 radical (unpaired) electrons. The van der Waals surface area contributed by atoms with Gasteiger partial charge in [-0.05, 0) is 30.3 Å². The molecular formula is C20H18N4O6S. The molecule has 0 fully saturated rings. The van der Waals surface area contributed by atoms with Gasteiger partial charge in [0.1, 0.15) is 6.54 Å². The van der Waals surface area contributed by atoms with Crippen molar-refractivity contribution in [3.8, 4) is 0 Å². The van der Waals surface area contributed by atoms with Crippen molar-refractivity contribution in [2.45, 2.75) is 11.4 Å². The van der Waals surface area contributed by atoms with Crippen LogP contribution >= 0.6 is 0 Å². The molecule has 1 N–H and O–H groups in total. The number of pyridine rings is 1. The van der Waals surface area contributed by atoms with E-state index >= 15 is 0 Å². The van der Waals surface area contributed by atoms with Gasteiger partial charge in [0.05, 0.1) is 21.7 Å². The lowest BCUT2D eigenvalue weighted by Crippen LogP contribution is -2.28. The highest BCUT2D eigenvalue weighted by Gasteiger charge is 2.21. The number of hydrogen-bond acceptors (Lipinski definition) is 6. The van der Waals surface area contributed by atoms with Gasteiger partial charge >= 0.3 is 0 Å². The molecule has 0 aliphatic heterocycles. The number of carbonyl (C=O) groups excluding carboxylic acids is 1. The van der Waals surface area contributed by atoms with Crippen LogP contribution in [0.15, 0.2) is 82.6 Å². The number of aromatic nitrogens is 1. The van der Waals surface area contributed by atoms with Crippen molar-refractivity contribution in [3.05, 3.63) is 93.4 Å². The van der Waals surface area contributed by atoms with Gasteiger partial charge in [0.2, 0.25) is 5.91 Å². The van der Waals surface area contributed by atoms with Crippen molar-refractivity contribution in [1.29, 1.82) is 0 Å². The third-order valence-corrected chi connectivity index (χ3v) is 6.17. The summed E-state index contributed by atoms with van der Waals surface area (Å²) >= 11 is 0. The maximum Gasteiger partial charge on any atom is 0.285 e. The molecule has 3 rings (SSSR count). The lowest BCUT2D eigenvalue weighted by Gasteiger charge is -2.20. The van der Waals surface area contributed by atoms with Crippen LogP contribution in [0.4, 0.5) is 17.1 Å². The van der Waals surface area contributed by atoms with E-state index < -0.39 is 33.0 Å². The topological polar surface area (TPSA) is 132 Å². The fraction of sp³-hybridized carbons (Fsp3) is 0.100. The predicted molar refractivity (Wildman–Crippen MR) is 114 cm³/mol. The second-order valence-electron chi connectivity index (χ2n) is 6.49. The maximum atomic E-state index is 12.9. The molecule has 160 valence electrons. The molecule has 0 unspecified atom stereocenters. The monoisotopic (exact) mass is 442 g/mol. The molecule has 3 aromatic rings. The lowest BCUT2D eigenvalue weighted by atomic mass is 10.3. The summed E-state index contributed by atoms with van der Waals surface area (Å²) in [7, 11) is -2.46. The number of nitrogens with one attached hydrogen (secondary N) is 1. The van der Waals surface area contributed by atoms with Gasteiger partial charge in [-0.15, -0.1) is 0 Å². The van der Waals surface area contributed by atoms with Crippen molar-refractivity contribution in [1.82, 2.24) is 4.57 Å². The van der Waals surface area contributed by atoms with Crippen LogP contribution in [-0.4, -0.2) is 30.9 Å². The molecule has 0 atom stereocenters. The second kappa shape index (κ2) is 8.79. The molecule has 11 heteroatoms. The Bertz CT molecular complexity index is 1290. The average Bonchev–Trinajstić information content (AvgIpc) is 2.75. The molecule has 0 aliphatic rings. The van der Waals surface area contributed by atoms with Crippen molar-refractivity contribution in [3.63, 3.8) is 0 Å². The van der Waals surface area contributed by atoms with E-state index in [-0.39, 0.29) is 16.3 Å². The number of amides is 1. The Kier molecular flexibility index (Phi) is 6.16. The normalized spacial score (nSPS) is 11.0. The van der Waals surface area contributed by atoms with Gasteiger partial charge in [0.15, 0.2) is 0 Å². The first-order valence-electron chi connectivity index (χ1n) is 8.97. The minimum absolute atomic E-state index is 0.0378. The first kappa shape index (κ1) is 21.7. The molecule has 0 aliphatic carbocycles. The second-order valence-corrected chi connectivity index (χ2v) is 8.46. The summed E-state index contributed by atoms with van der Waals surface area (Å²) in [6.07, 6.45) is 0.970. The van der Waals surface area contributed by atoms with Gasteiger partial charge in [-0.25, -0.2) is 8.42 Å². The molecule has 31 heavy (non-hydrogen) atoms. The first-order chi connectivity index (χ1) is 14.7. The number of sulfonamides is 1. The summed E-state index contributed by atoms with van der Waals surface area (Å²) in [5, 5.41) is 13.4. The minimum atomic E-state index is -3.88. The molecule has 0 bridgehead atoms. The van der Waals surface area contributed by atoms with Gasteiger partial charge in [-0.3, -0.25) is 28.6 Å². The molecule has 1 amide bonds. The Hall–Kier alpha value is -3.99. The van der Waals surface area contributed by atoms with Crippen molar-refractivity contribution in [2.75, 3.05) is 16.7 Å². The number of hydrogen-bond donors (Lipinski definition) is 1. The van der Waals surface area contributed by atoms with E-state index in [1.165, 1.54) is 31.3 Å². The first-order valence-corrected chi connectivity index (χ1v) is 10.4. The number of carbonyl (C=O) groups is 1. The zero-order chi connectivity index (χ0) is 22.6. The van der Waals surface area contributed by atoms with Crippen molar-refractivity contribution in [2.24, 2.45) is 0 Å². The number of anilines is 2. The van der Waals surface area contributed by atoms with E-state index in [0.717, 1.165) is 27.2 Å². The Morgan fingerprint density at radius 2 is 1.81 bits per heavy atom. The highest BCUT2D eigenvalue weighted by Crippen LogP contribution is 2.23. The lowest BCUT2D eigenvalue weighted by molar-refractivity contribution is -0.385. The molecule has 10 nitrogen and oxygen atoms in total. The van der Waals surface area contributed by atoms with Crippen LogP contribution in [0.3, 0.4) is 0 Å². The summed E-state index contributed by atoms with van der Waals surface area (Å²) in [5.41, 5.74) is -0.237. The summed E-state index contributed by atoms with van der Waals surface area (Å²) in [5.74, 6) is -0.645. The summed E-state index contributed by atoms with van der Waals surface area (Å²) in [6, 6.07) is 16.2. The zero-order valence-corrected chi connectivity index (χ0v) is 17.2. The Morgan fingerprint density at radius 1 is 1.10 bits per heavy atom. The number of rotatable bonds is 7. The Morgan fingerprint density at radius 3 is 2.48 bits per heavy atom. The van der Waals surface area contributed by atoms with Gasteiger partial charge in [-0.1, -0.05) is 24.3 Å². The number of nitro groups is 1. The van der Waals surface area contributed by atoms with Crippen molar-refractivity contribution >= 4 is 33.0 Å². The van der Waals surface area contributed by atoms with E-state index in [2.05, 4.69) is 5.32 Å². The quantitative estimate of drug-likeness (QED) is 0.441. The van der Waals surface area contributed by atoms with E-state index in [1.54, 1.807) is 30.3 Å². The van der Waals surface area contributed by atoms with Crippen LogP contribution in [0.1, 0.15) is 0 Å². The van der Waals surface area contributed by atoms with Crippen LogP contribution in [0.5, 0.6) is 0 Å². The minimum Gasteiger partial charge on any atom is -0.324 e. The van der Waals surface area contributed by atoms with Crippen molar-refractivity contribution < 1.29 is 18.1 Å². The van der Waals surface area contributed by atoms with E-state index in [1.807, 2.05) is 0 Å². The highest BCUT2D eigenvalue weighted by atomic mass is 32.2. The van der Waals surface area contributed by atoms with E-state index in [4.69, 9.17) is 0 Å². The average molecular weight is 442 g/mol. The van der Waals surface area contributed by atoms with Crippen LogP contribution in [-0.2, 0) is 21.4 Å². The molecule has 1 heterocycles. The molecule has 2 aromatic carbocycles. The number of para-hydroxylation sites is 1. The van der Waals surface area contributed by atoms with Crippen LogP contribution < -0.4 is 15.2 Å². The molecule has 0 saturated carbocycles. The summed E-state index contributed by atoms with van der Waals surface area (Å²) in [4.78, 5) is 34.3. The maximum absolute atomic E-state index is 12.9. The molecule has 0 saturated heterocycles. The standard InChI is InChI=1S/C20H18N4O6S/c1-22(16-7-3-2-4-8-16)31(29,30)18-9-5-6-15(12-18)21-19(25)14-23-13-17(24(27)28)10-11-20(23)26/h2-13H,14H2,1H3,(H,21,25). The predicted octanol–water partition coefficient (Wildman–Crippen LogP) is 2.22. The van der Waals surface area contributed by atoms with Crippen LogP contribution in [0, 0.1) is 10.1 Å². The molecule has 0 spiro atoms. The van der Waals surface area contributed by atoms with E-state index in [9.17, 15) is 28.1 Å². The number of benzene rings is 2. The van der Waals surface area contributed by atoms with E-state index in [0.29, 0.717) is 5.69 Å². The van der Waals surface area contributed by atoms with Crippen LogP contribution in [0.2, 0.25) is 0 Å². The summed E-state index contributed by atoms with van der Waals surface area (Å²) < 4.78 is 27.8. The SMILES string of the molecule is CN(c1ccccc1)S(=O)(=O)c1cccc(NC(=O)Cn2cc([N+](=O)[O-])ccc2=O)c1. The van der Waals surface area contributed by atoms with Gasteiger partial charge in [-0.2, -0.15) is 0 Å². The Balaban J connectivity index is 1.79. The molecule has 1 aromatic heterocycles. The Labute approximate surface area is 177 Å². The largest absolute Gasteiger partial charge is 0.324 e. The fourth-order valence-electron chi connectivity index (χ4n) is 2.77. The third kappa shape index (κ3) is 4.95. The smallest absolute Gasteiger partial charge is 0.285 e. The fourth-order valence-corrected chi connectivity index (χ4v) is 4.02. The van der Waals surface area contributed by atoms with Crippen LogP contribution in [0.25, 0.3) is 0 Å². The van der Waals surface area contributed by atoms with Gasteiger partial charge < -0.3 is 5.32 Å². The molecular weight excluding hydrogens is 424 g/mol. The van der Waals surface area contributed by atoms with Gasteiger partial charge in [0, 0.05) is 24.9 Å². The zero-order valence-electron chi connectivity index (χ0n) is 16.3. The highest BCUT2D eigenvalue weighted by molar-refractivity contribution is 7.92.